The topological polar surface area (TPSA) is 86.5 Å². The maximum absolute atomic E-state index is 12.7. The number of ketones is 2. The molecule has 0 amide bonds. The summed E-state index contributed by atoms with van der Waals surface area (Å²) in [6.45, 7) is 6.14. The molecule has 0 aromatic heterocycles. The van der Waals surface area contributed by atoms with Crippen LogP contribution in [0.5, 0.6) is 0 Å². The van der Waals surface area contributed by atoms with Gasteiger partial charge in [0.2, 0.25) is 5.78 Å². The van der Waals surface area contributed by atoms with E-state index in [1.165, 1.54) is 13.8 Å². The largest absolute Gasteiger partial charge is 0.416 e. The molecular weight excluding hydrogens is 331 g/mol. The van der Waals surface area contributed by atoms with Crippen LogP contribution in [0.3, 0.4) is 0 Å². The summed E-state index contributed by atoms with van der Waals surface area (Å²) in [4.78, 5) is 34.3. The minimum absolute atomic E-state index is 0.0173. The van der Waals surface area contributed by atoms with Gasteiger partial charge in [0.1, 0.15) is 0 Å². The Hall–Kier alpha value is -2.55. The van der Waals surface area contributed by atoms with Gasteiger partial charge in [-0.25, -0.2) is 0 Å². The van der Waals surface area contributed by atoms with Gasteiger partial charge < -0.3 is 4.74 Å². The molecule has 0 aliphatic rings. The maximum atomic E-state index is 12.7. The zero-order valence-corrected chi connectivity index (χ0v) is 12.8. The fourth-order valence-corrected chi connectivity index (χ4v) is 1.87. The van der Waals surface area contributed by atoms with E-state index in [9.17, 15) is 32.9 Å². The molecule has 0 saturated heterocycles. The first-order valence-electron chi connectivity index (χ1n) is 6.71. The standard InChI is InChI=1S/C15H14F3NO5/c1-4-24-14(12(20)8(2)3)13(21)10-6-5-9(15(16,17)18)7-11(10)19(22)23/h5-7,14H,2,4H2,1,3H3. The quantitative estimate of drug-likeness (QED) is 0.249. The number of halogens is 3. The van der Waals surface area contributed by atoms with Crippen LogP contribution in [0.1, 0.15) is 29.8 Å². The predicted octanol–water partition coefficient (Wildman–Crippen LogP) is 3.35. The Kier molecular flexibility index (Phi) is 5.97. The molecule has 130 valence electrons. The van der Waals surface area contributed by atoms with Crippen molar-refractivity contribution in [2.75, 3.05) is 6.61 Å². The number of nitrogens with zero attached hydrogens (tertiary/aromatic N) is 1. The normalized spacial score (nSPS) is 12.5. The molecule has 0 N–H and O–H groups in total. The Balaban J connectivity index is 3.42. The molecule has 1 atom stereocenters. The Labute approximate surface area is 135 Å². The average molecular weight is 345 g/mol. The van der Waals surface area contributed by atoms with Gasteiger partial charge in [0.05, 0.1) is 16.1 Å². The second-order valence-electron chi connectivity index (χ2n) is 4.83. The van der Waals surface area contributed by atoms with Crippen molar-refractivity contribution in [1.82, 2.24) is 0 Å². The molecule has 9 heteroatoms. The number of carbonyl (C=O) groups excluding carboxylic acids is 2. The molecule has 24 heavy (non-hydrogen) atoms. The smallest absolute Gasteiger partial charge is 0.362 e. The minimum atomic E-state index is -4.81. The van der Waals surface area contributed by atoms with Gasteiger partial charge >= 0.3 is 6.18 Å². The molecule has 0 aliphatic heterocycles. The number of nitro benzene ring substituents is 1. The minimum Gasteiger partial charge on any atom is -0.362 e. The van der Waals surface area contributed by atoms with Gasteiger partial charge in [-0.15, -0.1) is 0 Å². The van der Waals surface area contributed by atoms with Crippen molar-refractivity contribution in [3.63, 3.8) is 0 Å². The van der Waals surface area contributed by atoms with E-state index in [2.05, 4.69) is 6.58 Å². The van der Waals surface area contributed by atoms with Crippen LogP contribution in [-0.4, -0.2) is 29.2 Å². The molecule has 0 saturated carbocycles. The number of nitro groups is 1. The van der Waals surface area contributed by atoms with Crippen LogP contribution in [0.4, 0.5) is 18.9 Å². The molecule has 0 radical (unpaired) electrons. The molecule has 0 aliphatic carbocycles. The van der Waals surface area contributed by atoms with Crippen LogP contribution in [0.2, 0.25) is 0 Å². The highest BCUT2D eigenvalue weighted by molar-refractivity contribution is 6.19. The third-order valence-electron chi connectivity index (χ3n) is 3.02. The number of alkyl halides is 3. The van der Waals surface area contributed by atoms with E-state index in [1.54, 1.807) is 0 Å². The van der Waals surface area contributed by atoms with Crippen LogP contribution in [0.15, 0.2) is 30.4 Å². The first kappa shape index (κ1) is 19.5. The number of carbonyl (C=O) groups is 2. The Bertz CT molecular complexity index is 697. The van der Waals surface area contributed by atoms with Gasteiger partial charge in [0.25, 0.3) is 5.69 Å². The lowest BCUT2D eigenvalue weighted by molar-refractivity contribution is -0.385. The van der Waals surface area contributed by atoms with Crippen LogP contribution in [0, 0.1) is 10.1 Å². The lowest BCUT2D eigenvalue weighted by Gasteiger charge is -2.15. The van der Waals surface area contributed by atoms with Crippen LogP contribution >= 0.6 is 0 Å². The molecule has 0 fully saturated rings. The van der Waals surface area contributed by atoms with E-state index >= 15 is 0 Å². The second kappa shape index (κ2) is 7.35. The van der Waals surface area contributed by atoms with Crippen molar-refractivity contribution in [3.8, 4) is 0 Å². The van der Waals surface area contributed by atoms with Gasteiger partial charge in [-0.3, -0.25) is 19.7 Å². The van der Waals surface area contributed by atoms with Crippen molar-refractivity contribution < 1.29 is 32.4 Å². The lowest BCUT2D eigenvalue weighted by atomic mass is 9.97. The van der Waals surface area contributed by atoms with Crippen molar-refractivity contribution >= 4 is 17.3 Å². The number of rotatable bonds is 7. The van der Waals surface area contributed by atoms with Gasteiger partial charge in [-0.05, 0) is 31.6 Å². The van der Waals surface area contributed by atoms with E-state index in [4.69, 9.17) is 4.74 Å². The molecule has 0 heterocycles. The Morgan fingerprint density at radius 2 is 1.96 bits per heavy atom. The van der Waals surface area contributed by atoms with Gasteiger partial charge in [0, 0.05) is 12.7 Å². The highest BCUT2D eigenvalue weighted by Crippen LogP contribution is 2.33. The monoisotopic (exact) mass is 345 g/mol. The van der Waals surface area contributed by atoms with Crippen LogP contribution in [0.25, 0.3) is 0 Å². The molecular formula is C15H14F3NO5. The molecule has 1 aromatic carbocycles. The fraction of sp³-hybridized carbons (Fsp3) is 0.333. The van der Waals surface area contributed by atoms with Crippen LogP contribution < -0.4 is 0 Å². The van der Waals surface area contributed by atoms with Gasteiger partial charge in [0.15, 0.2) is 11.9 Å². The molecule has 1 unspecified atom stereocenters. The molecule has 6 nitrogen and oxygen atoms in total. The van der Waals surface area contributed by atoms with Crippen molar-refractivity contribution in [2.24, 2.45) is 0 Å². The summed E-state index contributed by atoms with van der Waals surface area (Å²) < 4.78 is 43.0. The third-order valence-corrected chi connectivity index (χ3v) is 3.02. The van der Waals surface area contributed by atoms with Crippen molar-refractivity contribution in [2.45, 2.75) is 26.1 Å². The molecule has 0 spiro atoms. The first-order chi connectivity index (χ1) is 11.0. The second-order valence-corrected chi connectivity index (χ2v) is 4.83. The van der Waals surface area contributed by atoms with E-state index in [0.717, 1.165) is 0 Å². The molecule has 1 aromatic rings. The van der Waals surface area contributed by atoms with Crippen molar-refractivity contribution in [1.29, 1.82) is 0 Å². The molecule has 1 rings (SSSR count). The summed E-state index contributed by atoms with van der Waals surface area (Å²) in [6.07, 6.45) is -6.50. The zero-order chi connectivity index (χ0) is 18.7. The van der Waals surface area contributed by atoms with E-state index in [0.29, 0.717) is 12.1 Å². The lowest BCUT2D eigenvalue weighted by Crippen LogP contribution is -2.34. The van der Waals surface area contributed by atoms with Gasteiger partial charge in [-0.1, -0.05) is 6.58 Å². The summed E-state index contributed by atoms with van der Waals surface area (Å²) in [5.41, 5.74) is -2.98. The van der Waals surface area contributed by atoms with E-state index in [-0.39, 0.29) is 18.2 Å². The number of ether oxygens (including phenoxy) is 1. The SMILES string of the molecule is C=C(C)C(=O)C(OCC)C(=O)c1ccc(C(F)(F)F)cc1[N+](=O)[O-]. The number of hydrogen-bond acceptors (Lipinski definition) is 5. The number of hydrogen-bond donors (Lipinski definition) is 0. The summed E-state index contributed by atoms with van der Waals surface area (Å²) in [7, 11) is 0. The summed E-state index contributed by atoms with van der Waals surface area (Å²) in [5.74, 6) is -1.89. The zero-order valence-electron chi connectivity index (χ0n) is 12.8. The van der Waals surface area contributed by atoms with E-state index in [1.807, 2.05) is 0 Å². The number of benzene rings is 1. The highest BCUT2D eigenvalue weighted by Gasteiger charge is 2.37. The average Bonchev–Trinajstić information content (AvgIpc) is 2.49. The van der Waals surface area contributed by atoms with E-state index < -0.39 is 45.6 Å². The van der Waals surface area contributed by atoms with Crippen LogP contribution in [-0.2, 0) is 15.7 Å². The van der Waals surface area contributed by atoms with Gasteiger partial charge in [-0.2, -0.15) is 13.2 Å². The Morgan fingerprint density at radius 3 is 2.38 bits per heavy atom. The predicted molar refractivity (Wildman–Crippen MR) is 77.7 cm³/mol. The van der Waals surface area contributed by atoms with Crippen molar-refractivity contribution in [3.05, 3.63) is 51.6 Å². The molecule has 0 bridgehead atoms. The summed E-state index contributed by atoms with van der Waals surface area (Å²) in [6, 6.07) is 1.46. The maximum Gasteiger partial charge on any atom is 0.416 e. The third kappa shape index (κ3) is 4.25. The number of Topliss-reactive ketones (excluding diaryl/α,β-unsaturated/α-hetero) is 2. The summed E-state index contributed by atoms with van der Waals surface area (Å²) >= 11 is 0. The summed E-state index contributed by atoms with van der Waals surface area (Å²) in [5, 5.41) is 11.0. The Morgan fingerprint density at radius 1 is 1.38 bits per heavy atom. The first-order valence-corrected chi connectivity index (χ1v) is 6.71. The fourth-order valence-electron chi connectivity index (χ4n) is 1.87. The highest BCUT2D eigenvalue weighted by atomic mass is 19.4.